The number of hydrogen-bond acceptors (Lipinski definition) is 4. The highest BCUT2D eigenvalue weighted by atomic mass is 32.2. The van der Waals surface area contributed by atoms with E-state index in [4.69, 9.17) is 5.11 Å². The molecule has 19 heavy (non-hydrogen) atoms. The first-order valence-electron chi connectivity index (χ1n) is 5.88. The molecule has 0 aromatic heterocycles. The molecule has 0 saturated carbocycles. The minimum absolute atomic E-state index is 0.116. The van der Waals surface area contributed by atoms with Crippen molar-refractivity contribution in [2.24, 2.45) is 4.40 Å². The molecule has 2 rings (SSSR count). The van der Waals surface area contributed by atoms with Crippen LogP contribution in [0.5, 0.6) is 0 Å². The van der Waals surface area contributed by atoms with Gasteiger partial charge in [0.25, 0.3) is 10.0 Å². The van der Waals surface area contributed by atoms with Crippen LogP contribution >= 0.6 is 0 Å². The fourth-order valence-electron chi connectivity index (χ4n) is 1.89. The molecule has 1 aromatic carbocycles. The number of para-hydroxylation sites is 1. The summed E-state index contributed by atoms with van der Waals surface area (Å²) in [5, 5.41) is 8.56. The lowest BCUT2D eigenvalue weighted by Gasteiger charge is -2.24. The number of aliphatic carboxylic acids is 1. The first kappa shape index (κ1) is 13.5. The summed E-state index contributed by atoms with van der Waals surface area (Å²) in [6.45, 7) is 0.545. The molecule has 102 valence electrons. The second-order valence-electron chi connectivity index (χ2n) is 4.21. The lowest BCUT2D eigenvalue weighted by Crippen LogP contribution is -2.28. The molecule has 0 unspecified atom stereocenters. The van der Waals surface area contributed by atoms with Crippen molar-refractivity contribution in [3.8, 4) is 0 Å². The van der Waals surface area contributed by atoms with E-state index in [2.05, 4.69) is 4.40 Å². The molecule has 7 heteroatoms. The summed E-state index contributed by atoms with van der Waals surface area (Å²) in [4.78, 5) is 12.3. The van der Waals surface area contributed by atoms with Gasteiger partial charge in [0.05, 0.1) is 5.69 Å². The van der Waals surface area contributed by atoms with Crippen LogP contribution in [0.15, 0.2) is 33.6 Å². The van der Waals surface area contributed by atoms with E-state index in [0.29, 0.717) is 25.1 Å². The zero-order valence-corrected chi connectivity index (χ0v) is 11.0. The van der Waals surface area contributed by atoms with Crippen molar-refractivity contribution in [1.82, 2.24) is 0 Å². The SMILES string of the molecule is O=C(O)CCCCN1C=NS(=O)(=O)c2ccccc21. The third-order valence-electron chi connectivity index (χ3n) is 2.82. The number of carboxylic acid groups (broad SMARTS) is 1. The predicted molar refractivity (Wildman–Crippen MR) is 71.0 cm³/mol. The summed E-state index contributed by atoms with van der Waals surface area (Å²) in [6.07, 6.45) is 2.62. The lowest BCUT2D eigenvalue weighted by atomic mass is 10.2. The number of nitrogens with zero attached hydrogens (tertiary/aromatic N) is 2. The molecule has 1 heterocycles. The van der Waals surface area contributed by atoms with Gasteiger partial charge in [-0.2, -0.15) is 8.42 Å². The van der Waals surface area contributed by atoms with Gasteiger partial charge in [-0.25, -0.2) is 0 Å². The molecule has 1 aliphatic heterocycles. The minimum atomic E-state index is -3.59. The summed E-state index contributed by atoms with van der Waals surface area (Å²) in [5.41, 5.74) is 0.591. The van der Waals surface area contributed by atoms with Crippen molar-refractivity contribution >= 4 is 28.0 Å². The molecule has 6 nitrogen and oxygen atoms in total. The summed E-state index contributed by atoms with van der Waals surface area (Å²) in [7, 11) is -3.59. The maximum atomic E-state index is 11.7. The number of sulfonamides is 1. The van der Waals surface area contributed by atoms with Gasteiger partial charge in [-0.3, -0.25) is 4.79 Å². The number of carbonyl (C=O) groups is 1. The van der Waals surface area contributed by atoms with Crippen molar-refractivity contribution in [2.75, 3.05) is 11.4 Å². The van der Waals surface area contributed by atoms with Gasteiger partial charge in [-0.15, -0.1) is 4.40 Å². The quantitative estimate of drug-likeness (QED) is 0.826. The zero-order valence-electron chi connectivity index (χ0n) is 10.2. The first-order chi connectivity index (χ1) is 9.00. The Hall–Kier alpha value is -1.89. The molecule has 0 spiro atoms. The summed E-state index contributed by atoms with van der Waals surface area (Å²) < 4.78 is 27.0. The van der Waals surface area contributed by atoms with Crippen LogP contribution in [0.3, 0.4) is 0 Å². The fourth-order valence-corrected chi connectivity index (χ4v) is 2.94. The van der Waals surface area contributed by atoms with E-state index < -0.39 is 16.0 Å². The molecule has 0 bridgehead atoms. The van der Waals surface area contributed by atoms with Gasteiger partial charge in [0, 0.05) is 13.0 Å². The highest BCUT2D eigenvalue weighted by Gasteiger charge is 2.24. The smallest absolute Gasteiger partial charge is 0.303 e. The summed E-state index contributed by atoms with van der Waals surface area (Å²) in [6, 6.07) is 6.65. The van der Waals surface area contributed by atoms with Gasteiger partial charge in [0.2, 0.25) is 0 Å². The van der Waals surface area contributed by atoms with Gasteiger partial charge in [0.1, 0.15) is 11.2 Å². The monoisotopic (exact) mass is 282 g/mol. The third kappa shape index (κ3) is 3.11. The molecule has 0 saturated heterocycles. The van der Waals surface area contributed by atoms with Crippen LogP contribution in [0.25, 0.3) is 0 Å². The Morgan fingerprint density at radius 2 is 2.00 bits per heavy atom. The van der Waals surface area contributed by atoms with Crippen LogP contribution in [-0.4, -0.2) is 32.4 Å². The van der Waals surface area contributed by atoms with Crippen molar-refractivity contribution in [1.29, 1.82) is 0 Å². The zero-order chi connectivity index (χ0) is 13.9. The highest BCUT2D eigenvalue weighted by molar-refractivity contribution is 7.90. The second kappa shape index (κ2) is 5.40. The maximum Gasteiger partial charge on any atom is 0.303 e. The van der Waals surface area contributed by atoms with E-state index in [1.54, 1.807) is 23.1 Å². The second-order valence-corrected chi connectivity index (χ2v) is 5.81. The molecule has 0 aliphatic carbocycles. The van der Waals surface area contributed by atoms with E-state index in [1.165, 1.54) is 12.4 Å². The Balaban J connectivity index is 2.10. The van der Waals surface area contributed by atoms with Crippen molar-refractivity contribution < 1.29 is 18.3 Å². The Kier molecular flexibility index (Phi) is 3.84. The van der Waals surface area contributed by atoms with Gasteiger partial charge in [-0.1, -0.05) is 12.1 Å². The molecule has 1 aliphatic rings. The van der Waals surface area contributed by atoms with Gasteiger partial charge >= 0.3 is 5.97 Å². The normalized spacial score (nSPS) is 16.1. The molecular formula is C12H14N2O4S. The van der Waals surface area contributed by atoms with E-state index in [0.717, 1.165) is 0 Å². The standard InChI is InChI=1S/C12H14N2O4S/c15-12(16)7-3-4-8-14-9-13-19(17,18)11-6-2-1-5-10(11)14/h1-2,5-6,9H,3-4,7-8H2,(H,15,16). The Morgan fingerprint density at radius 3 is 2.74 bits per heavy atom. The number of rotatable bonds is 5. The number of benzene rings is 1. The van der Waals surface area contributed by atoms with Gasteiger partial charge in [-0.05, 0) is 25.0 Å². The van der Waals surface area contributed by atoms with Crippen molar-refractivity contribution in [2.45, 2.75) is 24.2 Å². The molecular weight excluding hydrogens is 268 g/mol. The maximum absolute atomic E-state index is 11.7. The van der Waals surface area contributed by atoms with Gasteiger partial charge in [0.15, 0.2) is 0 Å². The molecule has 0 fully saturated rings. The number of carboxylic acids is 1. The van der Waals surface area contributed by atoms with E-state index >= 15 is 0 Å². The number of anilines is 1. The van der Waals surface area contributed by atoms with Crippen LogP contribution in [0.4, 0.5) is 5.69 Å². The van der Waals surface area contributed by atoms with Crippen LogP contribution in [-0.2, 0) is 14.8 Å². The average molecular weight is 282 g/mol. The average Bonchev–Trinajstić information content (AvgIpc) is 2.37. The van der Waals surface area contributed by atoms with Crippen LogP contribution in [0.1, 0.15) is 19.3 Å². The van der Waals surface area contributed by atoms with Gasteiger partial charge < -0.3 is 10.0 Å². The Morgan fingerprint density at radius 1 is 1.26 bits per heavy atom. The topological polar surface area (TPSA) is 87.0 Å². The number of unbranched alkanes of at least 4 members (excludes halogenated alkanes) is 1. The van der Waals surface area contributed by atoms with E-state index in [-0.39, 0.29) is 11.3 Å². The number of hydrogen-bond donors (Lipinski definition) is 1. The van der Waals surface area contributed by atoms with Crippen molar-refractivity contribution in [3.63, 3.8) is 0 Å². The van der Waals surface area contributed by atoms with E-state index in [9.17, 15) is 13.2 Å². The largest absolute Gasteiger partial charge is 0.481 e. The minimum Gasteiger partial charge on any atom is -0.481 e. The number of fused-ring (bicyclic) bond motifs is 1. The molecule has 1 aromatic rings. The molecule has 0 atom stereocenters. The van der Waals surface area contributed by atoms with E-state index in [1.807, 2.05) is 0 Å². The van der Waals surface area contributed by atoms with Crippen LogP contribution < -0.4 is 4.90 Å². The Labute approximate surface area is 111 Å². The molecule has 1 N–H and O–H groups in total. The third-order valence-corrected chi connectivity index (χ3v) is 4.09. The predicted octanol–water partition coefficient (Wildman–Crippen LogP) is 1.48. The summed E-state index contributed by atoms with van der Waals surface area (Å²) >= 11 is 0. The molecule has 0 amide bonds. The van der Waals surface area contributed by atoms with Crippen LogP contribution in [0, 0.1) is 0 Å². The molecule has 0 radical (unpaired) electrons. The Bertz CT molecular complexity index is 610. The van der Waals surface area contributed by atoms with Crippen LogP contribution in [0.2, 0.25) is 0 Å². The first-order valence-corrected chi connectivity index (χ1v) is 7.32. The van der Waals surface area contributed by atoms with Crippen molar-refractivity contribution in [3.05, 3.63) is 24.3 Å². The lowest BCUT2D eigenvalue weighted by molar-refractivity contribution is -0.137. The summed E-state index contributed by atoms with van der Waals surface area (Å²) in [5.74, 6) is -0.824. The fraction of sp³-hybridized carbons (Fsp3) is 0.333. The highest BCUT2D eigenvalue weighted by Crippen LogP contribution is 2.29.